The number of benzene rings is 1. The molecule has 0 aliphatic heterocycles. The second kappa shape index (κ2) is 6.17. The predicted molar refractivity (Wildman–Crippen MR) is 60.6 cm³/mol. The van der Waals surface area contributed by atoms with E-state index in [0.29, 0.717) is 11.5 Å². The third kappa shape index (κ3) is 5.36. The lowest BCUT2D eigenvalue weighted by molar-refractivity contribution is -0.159. The van der Waals surface area contributed by atoms with Crippen molar-refractivity contribution in [3.63, 3.8) is 0 Å². The minimum atomic E-state index is -4.57. The van der Waals surface area contributed by atoms with Crippen molar-refractivity contribution in [3.05, 3.63) is 18.2 Å². The Labute approximate surface area is 107 Å². The molecular weight excluding hydrogens is 267 g/mol. The first-order valence-electron chi connectivity index (χ1n) is 5.07. The average Bonchev–Trinajstić information content (AvgIpc) is 2.35. The number of anilines is 1. The van der Waals surface area contributed by atoms with Crippen molar-refractivity contribution in [2.75, 3.05) is 26.1 Å². The lowest BCUT2D eigenvalue weighted by Gasteiger charge is -2.11. The number of methoxy groups -OCH3 is 2. The van der Waals surface area contributed by atoms with Crippen LogP contribution in [0.25, 0.3) is 0 Å². The summed E-state index contributed by atoms with van der Waals surface area (Å²) in [6.45, 7) is -1.65. The van der Waals surface area contributed by atoms with Crippen LogP contribution in [0.15, 0.2) is 18.2 Å². The third-order valence-corrected chi connectivity index (χ3v) is 1.96. The highest BCUT2D eigenvalue weighted by Gasteiger charge is 2.29. The summed E-state index contributed by atoms with van der Waals surface area (Å²) in [4.78, 5) is 11.1. The maximum absolute atomic E-state index is 11.8. The molecule has 0 aromatic heterocycles. The molecule has 1 rings (SSSR count). The van der Waals surface area contributed by atoms with Crippen molar-refractivity contribution < 1.29 is 32.2 Å². The minimum absolute atomic E-state index is 0.198. The number of alkyl halides is 3. The van der Waals surface area contributed by atoms with Gasteiger partial charge in [-0.15, -0.1) is 0 Å². The van der Waals surface area contributed by atoms with E-state index in [-0.39, 0.29) is 5.69 Å². The number of nitrogens with one attached hydrogen (secondary N) is 1. The Morgan fingerprint density at radius 1 is 1.16 bits per heavy atom. The second-order valence-electron chi connectivity index (χ2n) is 3.42. The van der Waals surface area contributed by atoms with Gasteiger partial charge in [-0.3, -0.25) is 5.32 Å². The molecule has 0 unspecified atom stereocenters. The number of amides is 1. The summed E-state index contributed by atoms with van der Waals surface area (Å²) in [6.07, 6.45) is -5.78. The number of rotatable bonds is 4. The van der Waals surface area contributed by atoms with Crippen LogP contribution < -0.4 is 14.8 Å². The summed E-state index contributed by atoms with van der Waals surface area (Å²) in [6, 6.07) is 4.38. The van der Waals surface area contributed by atoms with Gasteiger partial charge in [0.25, 0.3) is 0 Å². The van der Waals surface area contributed by atoms with Crippen LogP contribution in [-0.4, -0.2) is 33.1 Å². The smallest absolute Gasteiger partial charge is 0.422 e. The highest BCUT2D eigenvalue weighted by atomic mass is 19.4. The Bertz CT molecular complexity index is 426. The van der Waals surface area contributed by atoms with E-state index in [9.17, 15) is 18.0 Å². The van der Waals surface area contributed by atoms with E-state index < -0.39 is 18.9 Å². The van der Waals surface area contributed by atoms with Gasteiger partial charge in [0.15, 0.2) is 6.61 Å². The van der Waals surface area contributed by atoms with Gasteiger partial charge in [-0.2, -0.15) is 13.2 Å². The molecule has 0 spiro atoms. The molecule has 0 aliphatic rings. The molecular formula is C11H12F3NO4. The predicted octanol–water partition coefficient (Wildman–Crippen LogP) is 2.81. The van der Waals surface area contributed by atoms with Gasteiger partial charge in [-0.1, -0.05) is 0 Å². The van der Waals surface area contributed by atoms with Crippen molar-refractivity contribution in [1.82, 2.24) is 0 Å². The summed E-state index contributed by atoms with van der Waals surface area (Å²) in [5.74, 6) is 0.760. The second-order valence-corrected chi connectivity index (χ2v) is 3.42. The zero-order valence-electron chi connectivity index (χ0n) is 10.2. The van der Waals surface area contributed by atoms with Crippen molar-refractivity contribution in [1.29, 1.82) is 0 Å². The average molecular weight is 279 g/mol. The van der Waals surface area contributed by atoms with Gasteiger partial charge >= 0.3 is 12.3 Å². The fourth-order valence-electron chi connectivity index (χ4n) is 1.18. The van der Waals surface area contributed by atoms with E-state index in [4.69, 9.17) is 9.47 Å². The lowest BCUT2D eigenvalue weighted by Crippen LogP contribution is -2.23. The molecule has 5 nitrogen and oxygen atoms in total. The SMILES string of the molecule is COc1cc(NC(=O)OCC(F)(F)F)cc(OC)c1. The molecule has 106 valence electrons. The Hall–Kier alpha value is -2.12. The van der Waals surface area contributed by atoms with E-state index >= 15 is 0 Å². The highest BCUT2D eigenvalue weighted by molar-refractivity contribution is 5.85. The topological polar surface area (TPSA) is 56.8 Å². The monoisotopic (exact) mass is 279 g/mol. The third-order valence-electron chi connectivity index (χ3n) is 1.96. The first kappa shape index (κ1) is 14.9. The van der Waals surface area contributed by atoms with Gasteiger partial charge in [0.1, 0.15) is 11.5 Å². The van der Waals surface area contributed by atoms with Crippen LogP contribution in [0.3, 0.4) is 0 Å². The number of hydrogen-bond donors (Lipinski definition) is 1. The van der Waals surface area contributed by atoms with Crippen LogP contribution in [0.4, 0.5) is 23.7 Å². The molecule has 1 amide bonds. The molecule has 1 aromatic carbocycles. The molecule has 0 radical (unpaired) electrons. The van der Waals surface area contributed by atoms with Gasteiger partial charge in [0, 0.05) is 18.2 Å². The quantitative estimate of drug-likeness (QED) is 0.920. The fourth-order valence-corrected chi connectivity index (χ4v) is 1.18. The zero-order chi connectivity index (χ0) is 14.5. The molecule has 0 bridgehead atoms. The van der Waals surface area contributed by atoms with E-state index in [1.807, 2.05) is 0 Å². The van der Waals surface area contributed by atoms with E-state index in [1.165, 1.54) is 26.4 Å². The summed E-state index contributed by atoms with van der Waals surface area (Å²) < 4.78 is 49.4. The number of carbonyl (C=O) groups is 1. The van der Waals surface area contributed by atoms with Crippen LogP contribution in [0.1, 0.15) is 0 Å². The lowest BCUT2D eigenvalue weighted by atomic mass is 10.3. The molecule has 0 saturated carbocycles. The number of hydrogen-bond acceptors (Lipinski definition) is 4. The number of carbonyl (C=O) groups excluding carboxylic acids is 1. The van der Waals surface area contributed by atoms with Crippen molar-refractivity contribution in [2.24, 2.45) is 0 Å². The van der Waals surface area contributed by atoms with Crippen molar-refractivity contribution in [3.8, 4) is 11.5 Å². The number of halogens is 3. The molecule has 19 heavy (non-hydrogen) atoms. The van der Waals surface area contributed by atoms with Crippen LogP contribution >= 0.6 is 0 Å². The van der Waals surface area contributed by atoms with Gasteiger partial charge in [0.2, 0.25) is 0 Å². The first-order chi connectivity index (χ1) is 8.84. The highest BCUT2D eigenvalue weighted by Crippen LogP contribution is 2.26. The van der Waals surface area contributed by atoms with Crippen molar-refractivity contribution >= 4 is 11.8 Å². The van der Waals surface area contributed by atoms with Gasteiger partial charge in [-0.25, -0.2) is 4.79 Å². The van der Waals surface area contributed by atoms with E-state index in [1.54, 1.807) is 6.07 Å². The van der Waals surface area contributed by atoms with Crippen LogP contribution in [-0.2, 0) is 4.74 Å². The summed E-state index contributed by atoms with van der Waals surface area (Å²) in [5.41, 5.74) is 0.198. The maximum Gasteiger partial charge on any atom is 0.422 e. The minimum Gasteiger partial charge on any atom is -0.497 e. The molecule has 1 N–H and O–H groups in total. The zero-order valence-corrected chi connectivity index (χ0v) is 10.2. The Morgan fingerprint density at radius 2 is 1.68 bits per heavy atom. The first-order valence-corrected chi connectivity index (χ1v) is 5.07. The van der Waals surface area contributed by atoms with E-state index in [0.717, 1.165) is 0 Å². The summed E-state index contributed by atoms with van der Waals surface area (Å²) in [7, 11) is 2.81. The molecule has 0 atom stereocenters. The molecule has 0 fully saturated rings. The van der Waals surface area contributed by atoms with E-state index in [2.05, 4.69) is 10.1 Å². The molecule has 1 aromatic rings. The normalized spacial score (nSPS) is 10.8. The Balaban J connectivity index is 2.68. The standard InChI is InChI=1S/C11H12F3NO4/c1-17-8-3-7(4-9(5-8)18-2)15-10(16)19-6-11(12,13)14/h3-5H,6H2,1-2H3,(H,15,16). The Morgan fingerprint density at radius 3 is 2.11 bits per heavy atom. The van der Waals surface area contributed by atoms with Crippen LogP contribution in [0.5, 0.6) is 11.5 Å². The molecule has 0 aliphatic carbocycles. The maximum atomic E-state index is 11.8. The van der Waals surface area contributed by atoms with Gasteiger partial charge < -0.3 is 14.2 Å². The Kier molecular flexibility index (Phi) is 4.85. The molecule has 0 saturated heterocycles. The fraction of sp³-hybridized carbons (Fsp3) is 0.364. The van der Waals surface area contributed by atoms with Gasteiger partial charge in [-0.05, 0) is 0 Å². The number of ether oxygens (including phenoxy) is 3. The van der Waals surface area contributed by atoms with Crippen LogP contribution in [0, 0.1) is 0 Å². The van der Waals surface area contributed by atoms with Crippen LogP contribution in [0.2, 0.25) is 0 Å². The summed E-state index contributed by atoms with van der Waals surface area (Å²) >= 11 is 0. The summed E-state index contributed by atoms with van der Waals surface area (Å²) in [5, 5.41) is 2.14. The largest absolute Gasteiger partial charge is 0.497 e. The van der Waals surface area contributed by atoms with Gasteiger partial charge in [0.05, 0.1) is 19.9 Å². The van der Waals surface area contributed by atoms with Crippen molar-refractivity contribution in [2.45, 2.75) is 6.18 Å². The molecule has 0 heterocycles. The molecule has 8 heteroatoms.